The number of hydrogen-bond donors (Lipinski definition) is 0. The third-order valence-corrected chi connectivity index (χ3v) is 9.70. The van der Waals surface area contributed by atoms with Crippen LogP contribution in [0, 0.1) is 0 Å². The maximum Gasteiger partial charge on any atom is 0.123 e. The summed E-state index contributed by atoms with van der Waals surface area (Å²) >= 11 is 8.05. The van der Waals surface area contributed by atoms with E-state index in [9.17, 15) is 0 Å². The van der Waals surface area contributed by atoms with Crippen molar-refractivity contribution < 1.29 is 18.9 Å². The molecule has 4 bridgehead atoms. The third-order valence-electron chi connectivity index (χ3n) is 7.74. The lowest BCUT2D eigenvalue weighted by Crippen LogP contribution is -2.13. The second-order valence-electron chi connectivity index (χ2n) is 8.80. The number of benzene rings is 2. The molecule has 0 amide bonds. The maximum atomic E-state index is 5.81. The van der Waals surface area contributed by atoms with Crippen molar-refractivity contribution in [3.63, 3.8) is 0 Å². The van der Waals surface area contributed by atoms with Crippen LogP contribution >= 0.6 is 31.9 Å². The van der Waals surface area contributed by atoms with E-state index >= 15 is 0 Å². The van der Waals surface area contributed by atoms with E-state index in [1.165, 1.54) is 42.4 Å². The predicted molar refractivity (Wildman–Crippen MR) is 131 cm³/mol. The SMILES string of the molecule is COc1ccc(OC)c2c1C1CC2C(C2=C(Br)C3CC2c2c(OC)ccc(OC)c23)=C1Br. The van der Waals surface area contributed by atoms with Crippen molar-refractivity contribution >= 4 is 31.9 Å². The number of allylic oxidation sites excluding steroid dienone is 4. The highest BCUT2D eigenvalue weighted by Crippen LogP contribution is 2.70. The monoisotopic (exact) mass is 558 g/mol. The molecule has 0 N–H and O–H groups in total. The third kappa shape index (κ3) is 2.43. The lowest BCUT2D eigenvalue weighted by Gasteiger charge is -2.29. The van der Waals surface area contributed by atoms with Crippen molar-refractivity contribution in [3.8, 4) is 23.0 Å². The molecule has 0 radical (unpaired) electrons. The summed E-state index contributed by atoms with van der Waals surface area (Å²) in [5.41, 5.74) is 7.92. The lowest BCUT2D eigenvalue weighted by molar-refractivity contribution is 0.395. The van der Waals surface area contributed by atoms with Gasteiger partial charge in [0.15, 0.2) is 0 Å². The Morgan fingerprint density at radius 2 is 0.812 bits per heavy atom. The zero-order valence-electron chi connectivity index (χ0n) is 18.4. The predicted octanol–water partition coefficient (Wildman–Crippen LogP) is 6.89. The zero-order chi connectivity index (χ0) is 22.3. The van der Waals surface area contributed by atoms with Gasteiger partial charge in [-0.3, -0.25) is 0 Å². The second kappa shape index (κ2) is 7.29. The van der Waals surface area contributed by atoms with Gasteiger partial charge in [0.25, 0.3) is 0 Å². The molecule has 166 valence electrons. The Bertz CT molecular complexity index is 1130. The van der Waals surface area contributed by atoms with E-state index in [0.717, 1.165) is 35.8 Å². The number of fused-ring (bicyclic) bond motifs is 10. The molecule has 6 heteroatoms. The lowest BCUT2D eigenvalue weighted by atomic mass is 9.79. The Kier molecular flexibility index (Phi) is 4.71. The molecule has 0 spiro atoms. The summed E-state index contributed by atoms with van der Waals surface area (Å²) in [6.07, 6.45) is 2.09. The van der Waals surface area contributed by atoms with Gasteiger partial charge in [0.1, 0.15) is 23.0 Å². The van der Waals surface area contributed by atoms with E-state index in [1.807, 2.05) is 24.3 Å². The normalized spacial score (nSPS) is 26.6. The highest BCUT2D eigenvalue weighted by atomic mass is 79.9. The van der Waals surface area contributed by atoms with E-state index in [0.29, 0.717) is 11.8 Å². The standard InChI is InChI=1S/C26H24Br2O4/c1-29-15-5-7-17(31-3)21-13-9-11(19(15)21)23(25(13)27)24-12-10-14(26(24)28)22-18(32-4)8-6-16(30-2)20(12)22/h5-8,11-14H,9-10H2,1-4H3. The first-order chi connectivity index (χ1) is 15.5. The summed E-state index contributed by atoms with van der Waals surface area (Å²) in [4.78, 5) is 0. The molecule has 0 aliphatic heterocycles. The van der Waals surface area contributed by atoms with Crippen LogP contribution < -0.4 is 18.9 Å². The van der Waals surface area contributed by atoms with E-state index < -0.39 is 0 Å². The summed E-state index contributed by atoms with van der Waals surface area (Å²) in [6.45, 7) is 0. The topological polar surface area (TPSA) is 36.9 Å². The van der Waals surface area contributed by atoms with E-state index in [4.69, 9.17) is 18.9 Å². The van der Waals surface area contributed by atoms with Gasteiger partial charge in [-0.2, -0.15) is 0 Å². The Morgan fingerprint density at radius 3 is 1.09 bits per heavy atom. The van der Waals surface area contributed by atoms with E-state index in [2.05, 4.69) is 31.9 Å². The van der Waals surface area contributed by atoms with Gasteiger partial charge in [-0.05, 0) is 48.3 Å². The van der Waals surface area contributed by atoms with Crippen molar-refractivity contribution in [2.45, 2.75) is 36.5 Å². The van der Waals surface area contributed by atoms with Gasteiger partial charge < -0.3 is 18.9 Å². The minimum atomic E-state index is 0.288. The fourth-order valence-corrected chi connectivity index (χ4v) is 8.42. The maximum absolute atomic E-state index is 5.81. The van der Waals surface area contributed by atoms with Crippen LogP contribution in [0.15, 0.2) is 44.4 Å². The average Bonchev–Trinajstić information content (AvgIpc) is 3.56. The first kappa shape index (κ1) is 20.7. The van der Waals surface area contributed by atoms with Gasteiger partial charge in [0, 0.05) is 54.9 Å². The number of halogens is 2. The second-order valence-corrected chi connectivity index (χ2v) is 10.5. The Labute approximate surface area is 204 Å². The van der Waals surface area contributed by atoms with Gasteiger partial charge in [-0.1, -0.05) is 31.9 Å². The van der Waals surface area contributed by atoms with Crippen molar-refractivity contribution in [1.82, 2.24) is 0 Å². The Hall–Kier alpha value is -1.92. The van der Waals surface area contributed by atoms with Gasteiger partial charge in [0.05, 0.1) is 28.4 Å². The van der Waals surface area contributed by atoms with Crippen molar-refractivity contribution in [2.75, 3.05) is 28.4 Å². The number of rotatable bonds is 5. The molecule has 2 aromatic carbocycles. The smallest absolute Gasteiger partial charge is 0.123 e. The van der Waals surface area contributed by atoms with Crippen LogP contribution in [0.3, 0.4) is 0 Å². The van der Waals surface area contributed by atoms with Gasteiger partial charge in [-0.25, -0.2) is 0 Å². The minimum absolute atomic E-state index is 0.288. The van der Waals surface area contributed by atoms with Crippen LogP contribution in [-0.2, 0) is 0 Å². The number of ether oxygens (including phenoxy) is 4. The molecule has 4 aliphatic rings. The summed E-state index contributed by atoms with van der Waals surface area (Å²) < 4.78 is 25.7. The number of methoxy groups -OCH3 is 4. The zero-order valence-corrected chi connectivity index (χ0v) is 21.6. The molecule has 4 unspecified atom stereocenters. The van der Waals surface area contributed by atoms with Crippen LogP contribution in [0.5, 0.6) is 23.0 Å². The molecule has 6 rings (SSSR count). The highest BCUT2D eigenvalue weighted by Gasteiger charge is 2.53. The molecule has 32 heavy (non-hydrogen) atoms. The Balaban J connectivity index is 1.52. The number of hydrogen-bond acceptors (Lipinski definition) is 4. The van der Waals surface area contributed by atoms with Gasteiger partial charge in [0.2, 0.25) is 0 Å². The summed E-state index contributed by atoms with van der Waals surface area (Å²) in [6, 6.07) is 8.13. The van der Waals surface area contributed by atoms with Crippen LogP contribution in [0.1, 0.15) is 58.8 Å². The minimum Gasteiger partial charge on any atom is -0.496 e. The summed E-state index contributed by atoms with van der Waals surface area (Å²) in [5, 5.41) is 0. The van der Waals surface area contributed by atoms with E-state index in [1.54, 1.807) is 28.4 Å². The van der Waals surface area contributed by atoms with Crippen molar-refractivity contribution in [3.05, 3.63) is 66.6 Å². The van der Waals surface area contributed by atoms with Crippen molar-refractivity contribution in [1.29, 1.82) is 0 Å². The van der Waals surface area contributed by atoms with Gasteiger partial charge in [-0.15, -0.1) is 0 Å². The van der Waals surface area contributed by atoms with E-state index in [-0.39, 0.29) is 11.8 Å². The fraction of sp³-hybridized carbons (Fsp3) is 0.385. The van der Waals surface area contributed by atoms with Crippen LogP contribution in [-0.4, -0.2) is 28.4 Å². The quantitative estimate of drug-likeness (QED) is 0.400. The molecule has 4 aliphatic carbocycles. The molecule has 0 heterocycles. The molecule has 2 aromatic rings. The van der Waals surface area contributed by atoms with Crippen LogP contribution in [0.4, 0.5) is 0 Å². The van der Waals surface area contributed by atoms with Crippen molar-refractivity contribution in [2.24, 2.45) is 0 Å². The molecule has 0 aromatic heterocycles. The highest BCUT2D eigenvalue weighted by molar-refractivity contribution is 9.12. The first-order valence-corrected chi connectivity index (χ1v) is 12.4. The van der Waals surface area contributed by atoms with Crippen LogP contribution in [0.2, 0.25) is 0 Å². The molecule has 0 saturated heterocycles. The largest absolute Gasteiger partial charge is 0.496 e. The molecule has 4 nitrogen and oxygen atoms in total. The molecule has 0 fully saturated rings. The molecular formula is C26H24Br2O4. The van der Waals surface area contributed by atoms with Crippen LogP contribution in [0.25, 0.3) is 0 Å². The molecule has 4 atom stereocenters. The molecule has 0 saturated carbocycles. The molecular weight excluding hydrogens is 536 g/mol. The first-order valence-electron chi connectivity index (χ1n) is 10.8. The average molecular weight is 560 g/mol. The summed E-state index contributed by atoms with van der Waals surface area (Å²) in [5.74, 6) is 4.97. The summed E-state index contributed by atoms with van der Waals surface area (Å²) in [7, 11) is 7.01. The van der Waals surface area contributed by atoms with Gasteiger partial charge >= 0.3 is 0 Å². The Morgan fingerprint density at radius 1 is 0.531 bits per heavy atom. The fourth-order valence-electron chi connectivity index (χ4n) is 6.61.